The van der Waals surface area contributed by atoms with E-state index >= 15 is 0 Å². The summed E-state index contributed by atoms with van der Waals surface area (Å²) >= 11 is 0. The van der Waals surface area contributed by atoms with E-state index in [1.807, 2.05) is 0 Å². The molecule has 1 aliphatic heterocycles. The van der Waals surface area contributed by atoms with E-state index < -0.39 is 29.7 Å². The van der Waals surface area contributed by atoms with Gasteiger partial charge in [-0.3, -0.25) is 9.69 Å². The number of likely N-dealkylation sites (tertiary alicyclic amines) is 1. The van der Waals surface area contributed by atoms with Crippen molar-refractivity contribution in [1.29, 1.82) is 0 Å². The molecule has 1 aliphatic rings. The first kappa shape index (κ1) is 17.3. The van der Waals surface area contributed by atoms with Crippen LogP contribution in [0.25, 0.3) is 0 Å². The molecule has 1 unspecified atom stereocenters. The first-order valence-corrected chi connectivity index (χ1v) is 7.03. The van der Waals surface area contributed by atoms with Crippen LogP contribution in [-0.4, -0.2) is 54.2 Å². The zero-order valence-corrected chi connectivity index (χ0v) is 13.3. The number of nitrogens with zero attached hydrogens (tertiary/aromatic N) is 1. The number of hydrogen-bond acceptors (Lipinski definition) is 5. The minimum Gasteiger partial charge on any atom is -0.467 e. The molecule has 120 valence electrons. The highest BCUT2D eigenvalue weighted by molar-refractivity contribution is 5.89. The van der Waals surface area contributed by atoms with Crippen molar-refractivity contribution in [3.05, 3.63) is 0 Å². The number of carbonyl (C=O) groups is 3. The summed E-state index contributed by atoms with van der Waals surface area (Å²) in [5.74, 6) is -0.888. The van der Waals surface area contributed by atoms with Gasteiger partial charge in [-0.05, 0) is 40.5 Å². The van der Waals surface area contributed by atoms with E-state index in [4.69, 9.17) is 4.74 Å². The maximum absolute atomic E-state index is 12.2. The zero-order valence-electron chi connectivity index (χ0n) is 13.3. The number of methoxy groups -OCH3 is 1. The van der Waals surface area contributed by atoms with E-state index in [-0.39, 0.29) is 5.91 Å². The summed E-state index contributed by atoms with van der Waals surface area (Å²) in [6.45, 7) is 7.33. The highest BCUT2D eigenvalue weighted by atomic mass is 16.6. The quantitative estimate of drug-likeness (QED) is 0.788. The standard InChI is InChI=1S/C14H24N2O5/c1-9(12(18)20-5)15-11(17)10-7-6-8-16(10)13(19)21-14(2,3)4/h9-10H,6-8H2,1-5H3,(H,15,17)/t9-,10?/m1/s1. The van der Waals surface area contributed by atoms with Crippen LogP contribution in [-0.2, 0) is 19.1 Å². The fourth-order valence-electron chi connectivity index (χ4n) is 2.12. The van der Waals surface area contributed by atoms with Crippen LogP contribution in [0.3, 0.4) is 0 Å². The molecule has 0 spiro atoms. The Bertz CT molecular complexity index is 416. The predicted octanol–water partition coefficient (Wildman–Crippen LogP) is 1.06. The molecule has 1 heterocycles. The fourth-order valence-corrected chi connectivity index (χ4v) is 2.12. The lowest BCUT2D eigenvalue weighted by Crippen LogP contribution is -2.51. The van der Waals surface area contributed by atoms with Gasteiger partial charge in [-0.15, -0.1) is 0 Å². The Labute approximate surface area is 124 Å². The third kappa shape index (κ3) is 4.91. The molecule has 7 heteroatoms. The lowest BCUT2D eigenvalue weighted by atomic mass is 10.2. The second-order valence-electron chi connectivity index (χ2n) is 6.09. The van der Waals surface area contributed by atoms with Crippen molar-refractivity contribution in [2.45, 2.75) is 58.2 Å². The van der Waals surface area contributed by atoms with Crippen molar-refractivity contribution in [3.63, 3.8) is 0 Å². The van der Waals surface area contributed by atoms with Crippen LogP contribution < -0.4 is 5.32 Å². The van der Waals surface area contributed by atoms with Gasteiger partial charge < -0.3 is 14.8 Å². The lowest BCUT2D eigenvalue weighted by Gasteiger charge is -2.28. The number of esters is 1. The number of rotatable bonds is 3. The first-order chi connectivity index (χ1) is 9.65. The minimum atomic E-state index is -0.747. The summed E-state index contributed by atoms with van der Waals surface area (Å²) < 4.78 is 9.85. The number of carbonyl (C=O) groups excluding carboxylic acids is 3. The smallest absolute Gasteiger partial charge is 0.410 e. The molecule has 2 amide bonds. The van der Waals surface area contributed by atoms with Gasteiger partial charge in [0.25, 0.3) is 0 Å². The van der Waals surface area contributed by atoms with Gasteiger partial charge in [0.1, 0.15) is 17.7 Å². The van der Waals surface area contributed by atoms with Crippen molar-refractivity contribution in [2.75, 3.05) is 13.7 Å². The molecule has 0 saturated carbocycles. The predicted molar refractivity (Wildman–Crippen MR) is 75.6 cm³/mol. The van der Waals surface area contributed by atoms with Gasteiger partial charge in [0.2, 0.25) is 5.91 Å². The van der Waals surface area contributed by atoms with Crippen molar-refractivity contribution in [2.24, 2.45) is 0 Å². The van der Waals surface area contributed by atoms with Crippen molar-refractivity contribution in [3.8, 4) is 0 Å². The molecular formula is C14H24N2O5. The first-order valence-electron chi connectivity index (χ1n) is 7.03. The Hall–Kier alpha value is -1.79. The zero-order chi connectivity index (χ0) is 16.2. The number of nitrogens with one attached hydrogen (secondary N) is 1. The maximum Gasteiger partial charge on any atom is 0.410 e. The fraction of sp³-hybridized carbons (Fsp3) is 0.786. The van der Waals surface area contributed by atoms with Gasteiger partial charge in [-0.25, -0.2) is 9.59 Å². The van der Waals surface area contributed by atoms with E-state index in [2.05, 4.69) is 10.1 Å². The van der Waals surface area contributed by atoms with Gasteiger partial charge in [-0.2, -0.15) is 0 Å². The molecule has 0 aromatic heterocycles. The Morgan fingerprint density at radius 1 is 1.29 bits per heavy atom. The van der Waals surface area contributed by atoms with Gasteiger partial charge >= 0.3 is 12.1 Å². The van der Waals surface area contributed by atoms with E-state index in [0.717, 1.165) is 6.42 Å². The Balaban J connectivity index is 2.66. The minimum absolute atomic E-state index is 0.365. The van der Waals surface area contributed by atoms with Crippen LogP contribution in [0, 0.1) is 0 Å². The number of amides is 2. The molecule has 0 aliphatic carbocycles. The van der Waals surface area contributed by atoms with Crippen molar-refractivity contribution in [1.82, 2.24) is 10.2 Å². The molecule has 1 N–H and O–H groups in total. The van der Waals surface area contributed by atoms with Crippen LogP contribution >= 0.6 is 0 Å². The molecule has 7 nitrogen and oxygen atoms in total. The molecular weight excluding hydrogens is 276 g/mol. The molecule has 2 atom stereocenters. The lowest BCUT2D eigenvalue weighted by molar-refractivity contribution is -0.145. The molecule has 1 fully saturated rings. The Kier molecular flexibility index (Phi) is 5.57. The molecule has 0 bridgehead atoms. The normalized spacial score (nSPS) is 19.9. The van der Waals surface area contributed by atoms with Crippen LogP contribution in [0.4, 0.5) is 4.79 Å². The molecule has 21 heavy (non-hydrogen) atoms. The summed E-state index contributed by atoms with van der Waals surface area (Å²) in [4.78, 5) is 37.0. The summed E-state index contributed by atoms with van der Waals surface area (Å²) in [6, 6.07) is -1.35. The summed E-state index contributed by atoms with van der Waals surface area (Å²) in [6.07, 6.45) is 0.772. The summed E-state index contributed by atoms with van der Waals surface area (Å²) in [5.41, 5.74) is -0.611. The highest BCUT2D eigenvalue weighted by Crippen LogP contribution is 2.21. The highest BCUT2D eigenvalue weighted by Gasteiger charge is 2.37. The van der Waals surface area contributed by atoms with E-state index in [0.29, 0.717) is 13.0 Å². The van der Waals surface area contributed by atoms with Gasteiger partial charge in [-0.1, -0.05) is 0 Å². The van der Waals surface area contributed by atoms with Gasteiger partial charge in [0.05, 0.1) is 7.11 Å². The Morgan fingerprint density at radius 2 is 1.90 bits per heavy atom. The average Bonchev–Trinajstić information content (AvgIpc) is 2.84. The SMILES string of the molecule is COC(=O)[C@@H](C)NC(=O)C1CCCN1C(=O)OC(C)(C)C. The molecule has 0 aromatic rings. The largest absolute Gasteiger partial charge is 0.467 e. The molecule has 1 rings (SSSR count). The molecule has 0 aromatic carbocycles. The third-order valence-corrected chi connectivity index (χ3v) is 3.10. The van der Waals surface area contributed by atoms with Crippen LogP contribution in [0.1, 0.15) is 40.5 Å². The summed E-state index contributed by atoms with van der Waals surface area (Å²) in [7, 11) is 1.26. The molecule has 0 radical (unpaired) electrons. The van der Waals surface area contributed by atoms with Crippen molar-refractivity contribution >= 4 is 18.0 Å². The second-order valence-corrected chi connectivity index (χ2v) is 6.09. The van der Waals surface area contributed by atoms with Crippen molar-refractivity contribution < 1.29 is 23.9 Å². The number of ether oxygens (including phenoxy) is 2. The van der Waals surface area contributed by atoms with Crippen LogP contribution in [0.5, 0.6) is 0 Å². The van der Waals surface area contributed by atoms with E-state index in [1.165, 1.54) is 18.9 Å². The molecule has 1 saturated heterocycles. The van der Waals surface area contributed by atoms with Gasteiger partial charge in [0, 0.05) is 6.54 Å². The van der Waals surface area contributed by atoms with Crippen LogP contribution in [0.2, 0.25) is 0 Å². The average molecular weight is 300 g/mol. The second kappa shape index (κ2) is 6.78. The number of hydrogen-bond donors (Lipinski definition) is 1. The monoisotopic (exact) mass is 300 g/mol. The topological polar surface area (TPSA) is 84.9 Å². The maximum atomic E-state index is 12.2. The van der Waals surface area contributed by atoms with Gasteiger partial charge in [0.15, 0.2) is 0 Å². The third-order valence-electron chi connectivity index (χ3n) is 3.10. The summed E-state index contributed by atoms with van der Waals surface area (Å²) in [5, 5.41) is 2.56. The van der Waals surface area contributed by atoms with E-state index in [9.17, 15) is 14.4 Å². The van der Waals surface area contributed by atoms with Crippen LogP contribution in [0.15, 0.2) is 0 Å². The Morgan fingerprint density at radius 3 is 2.43 bits per heavy atom. The van der Waals surface area contributed by atoms with E-state index in [1.54, 1.807) is 20.8 Å².